The molecule has 2 heterocycles. The van der Waals surface area contributed by atoms with Crippen LogP contribution >= 0.6 is 0 Å². The van der Waals surface area contributed by atoms with Crippen molar-refractivity contribution in [1.29, 1.82) is 0 Å². The topological polar surface area (TPSA) is 70.7 Å². The number of nitrogens with zero attached hydrogens (tertiary/aromatic N) is 2. The fourth-order valence-corrected chi connectivity index (χ4v) is 3.95. The number of benzene rings is 3. The number of hydrogen-bond acceptors (Lipinski definition) is 3. The largest absolute Gasteiger partial charge is 0.361 e. The van der Waals surface area contributed by atoms with Crippen molar-refractivity contribution < 1.29 is 4.79 Å². The minimum Gasteiger partial charge on any atom is -0.361 e. The van der Waals surface area contributed by atoms with Gasteiger partial charge in [-0.2, -0.15) is 0 Å². The maximum Gasteiger partial charge on any atom is 0.254 e. The minimum atomic E-state index is -0.189. The van der Waals surface area contributed by atoms with E-state index in [0.29, 0.717) is 17.9 Å². The summed E-state index contributed by atoms with van der Waals surface area (Å²) in [6.07, 6.45) is 5.19. The Labute approximate surface area is 186 Å². The van der Waals surface area contributed by atoms with E-state index in [4.69, 9.17) is 0 Å². The Morgan fingerprint density at radius 1 is 0.844 bits per heavy atom. The number of amides is 1. The summed E-state index contributed by atoms with van der Waals surface area (Å²) in [6, 6.07) is 28.2. The Balaban J connectivity index is 1.37. The molecule has 0 saturated heterocycles. The quantitative estimate of drug-likeness (QED) is 0.399. The van der Waals surface area contributed by atoms with Gasteiger partial charge in [0.2, 0.25) is 0 Å². The number of para-hydroxylation sites is 1. The van der Waals surface area contributed by atoms with Gasteiger partial charge in [0.15, 0.2) is 5.82 Å². The molecule has 0 aliphatic heterocycles. The number of hydrogen-bond donors (Lipinski definition) is 2. The maximum atomic E-state index is 12.9. The minimum absolute atomic E-state index is 0.0146. The highest BCUT2D eigenvalue weighted by Crippen LogP contribution is 2.30. The van der Waals surface area contributed by atoms with Crippen molar-refractivity contribution in [2.24, 2.45) is 0 Å². The summed E-state index contributed by atoms with van der Waals surface area (Å²) in [6.45, 7) is 0.463. The molecule has 2 N–H and O–H groups in total. The number of carbonyl (C=O) groups is 1. The lowest BCUT2D eigenvalue weighted by Crippen LogP contribution is -2.29. The molecule has 5 aromatic rings. The summed E-state index contributed by atoms with van der Waals surface area (Å²) in [4.78, 5) is 24.9. The predicted molar refractivity (Wildman–Crippen MR) is 126 cm³/mol. The number of fused-ring (bicyclic) bond motifs is 1. The van der Waals surface area contributed by atoms with Gasteiger partial charge in [-0.1, -0.05) is 78.9 Å². The normalized spacial score (nSPS) is 11.9. The van der Waals surface area contributed by atoms with Gasteiger partial charge < -0.3 is 10.3 Å². The lowest BCUT2D eigenvalue weighted by Gasteiger charge is -2.18. The van der Waals surface area contributed by atoms with E-state index >= 15 is 0 Å². The third-order valence-corrected chi connectivity index (χ3v) is 5.61. The van der Waals surface area contributed by atoms with Gasteiger partial charge in [0.1, 0.15) is 0 Å². The Kier molecular flexibility index (Phi) is 5.45. The average Bonchev–Trinajstić information content (AvgIpc) is 3.29. The molecular weight excluding hydrogens is 396 g/mol. The zero-order valence-corrected chi connectivity index (χ0v) is 17.4. The molecule has 1 unspecified atom stereocenters. The van der Waals surface area contributed by atoms with Gasteiger partial charge in [-0.05, 0) is 17.2 Å². The first-order valence-electron chi connectivity index (χ1n) is 10.6. The summed E-state index contributed by atoms with van der Waals surface area (Å²) >= 11 is 0. The molecule has 0 aliphatic carbocycles. The van der Waals surface area contributed by atoms with Crippen LogP contribution < -0.4 is 5.32 Å². The number of nitrogens with one attached hydrogen (secondary N) is 2. The van der Waals surface area contributed by atoms with E-state index in [2.05, 4.69) is 44.5 Å². The zero-order chi connectivity index (χ0) is 21.8. The molecule has 0 fully saturated rings. The molecule has 0 aliphatic rings. The van der Waals surface area contributed by atoms with Crippen molar-refractivity contribution in [3.8, 4) is 11.4 Å². The molecule has 1 amide bonds. The van der Waals surface area contributed by atoms with Gasteiger partial charge in [0, 0.05) is 47.5 Å². The van der Waals surface area contributed by atoms with Crippen LogP contribution in [0.15, 0.2) is 104 Å². The second-order valence-electron chi connectivity index (χ2n) is 7.62. The first kappa shape index (κ1) is 19.7. The van der Waals surface area contributed by atoms with E-state index < -0.39 is 0 Å². The van der Waals surface area contributed by atoms with Crippen LogP contribution in [0, 0.1) is 0 Å². The van der Waals surface area contributed by atoms with Gasteiger partial charge in [0.05, 0.1) is 5.56 Å². The highest BCUT2D eigenvalue weighted by Gasteiger charge is 2.19. The summed E-state index contributed by atoms with van der Waals surface area (Å²) in [5, 5.41) is 4.24. The zero-order valence-electron chi connectivity index (χ0n) is 17.4. The summed E-state index contributed by atoms with van der Waals surface area (Å²) in [5.74, 6) is 0.425. The molecule has 156 valence electrons. The highest BCUT2D eigenvalue weighted by atomic mass is 16.1. The highest BCUT2D eigenvalue weighted by molar-refractivity contribution is 5.94. The average molecular weight is 419 g/mol. The molecule has 3 aromatic carbocycles. The van der Waals surface area contributed by atoms with E-state index in [9.17, 15) is 4.79 Å². The molecule has 0 spiro atoms. The second-order valence-corrected chi connectivity index (χ2v) is 7.62. The molecule has 5 nitrogen and oxygen atoms in total. The molecule has 0 saturated carbocycles. The van der Waals surface area contributed by atoms with Crippen LogP contribution in [0.25, 0.3) is 22.3 Å². The van der Waals surface area contributed by atoms with Crippen LogP contribution in [0.3, 0.4) is 0 Å². The van der Waals surface area contributed by atoms with Crippen molar-refractivity contribution in [2.75, 3.05) is 6.54 Å². The van der Waals surface area contributed by atoms with E-state index in [-0.39, 0.29) is 11.8 Å². The van der Waals surface area contributed by atoms with Crippen LogP contribution in [0.5, 0.6) is 0 Å². The Hall–Kier alpha value is -4.25. The third kappa shape index (κ3) is 4.01. The van der Waals surface area contributed by atoms with Crippen LogP contribution in [-0.4, -0.2) is 27.4 Å². The molecule has 0 radical (unpaired) electrons. The summed E-state index contributed by atoms with van der Waals surface area (Å²) in [5.41, 5.74) is 4.74. The molecule has 32 heavy (non-hydrogen) atoms. The Morgan fingerprint density at radius 2 is 1.50 bits per heavy atom. The van der Waals surface area contributed by atoms with Gasteiger partial charge in [0.25, 0.3) is 5.91 Å². The SMILES string of the molecule is O=C(NCC(c1ccccc1)c1c[nH]c2ccccc12)c1cnc(-c2ccccc2)nc1. The van der Waals surface area contributed by atoms with Crippen molar-refractivity contribution in [3.63, 3.8) is 0 Å². The molecule has 5 heteroatoms. The van der Waals surface area contributed by atoms with E-state index in [1.165, 1.54) is 0 Å². The van der Waals surface area contributed by atoms with Crippen LogP contribution in [0.1, 0.15) is 27.4 Å². The third-order valence-electron chi connectivity index (χ3n) is 5.61. The number of aromatic amines is 1. The van der Waals surface area contributed by atoms with Gasteiger partial charge in [-0.3, -0.25) is 4.79 Å². The number of rotatable bonds is 6. The molecule has 5 rings (SSSR count). The smallest absolute Gasteiger partial charge is 0.254 e. The van der Waals surface area contributed by atoms with Crippen LogP contribution in [0.4, 0.5) is 0 Å². The Bertz CT molecular complexity index is 1330. The van der Waals surface area contributed by atoms with Gasteiger partial charge in [-0.25, -0.2) is 9.97 Å². The fraction of sp³-hybridized carbons (Fsp3) is 0.0741. The predicted octanol–water partition coefficient (Wildman–Crippen LogP) is 5.19. The van der Waals surface area contributed by atoms with Gasteiger partial charge in [-0.15, -0.1) is 0 Å². The van der Waals surface area contributed by atoms with Crippen LogP contribution in [-0.2, 0) is 0 Å². The van der Waals surface area contributed by atoms with Crippen molar-refractivity contribution in [3.05, 3.63) is 120 Å². The lowest BCUT2D eigenvalue weighted by molar-refractivity contribution is 0.0951. The molecule has 1 atom stereocenters. The number of H-pyrrole nitrogens is 1. The first-order chi connectivity index (χ1) is 15.8. The second kappa shape index (κ2) is 8.86. The van der Waals surface area contributed by atoms with E-state index in [1.54, 1.807) is 12.4 Å². The lowest BCUT2D eigenvalue weighted by atomic mass is 9.91. The van der Waals surface area contributed by atoms with Crippen molar-refractivity contribution in [1.82, 2.24) is 20.3 Å². The van der Waals surface area contributed by atoms with Gasteiger partial charge >= 0.3 is 0 Å². The molecule has 2 aromatic heterocycles. The number of carbonyl (C=O) groups excluding carboxylic acids is 1. The van der Waals surface area contributed by atoms with Crippen molar-refractivity contribution in [2.45, 2.75) is 5.92 Å². The monoisotopic (exact) mass is 418 g/mol. The van der Waals surface area contributed by atoms with Crippen LogP contribution in [0.2, 0.25) is 0 Å². The van der Waals surface area contributed by atoms with Crippen molar-refractivity contribution >= 4 is 16.8 Å². The fourth-order valence-electron chi connectivity index (χ4n) is 3.95. The van der Waals surface area contributed by atoms with E-state index in [0.717, 1.165) is 27.6 Å². The standard InChI is InChI=1S/C27H22N4O/c32-27(21-15-29-26(30-16-21)20-11-5-2-6-12-20)31-17-23(19-9-3-1-4-10-19)24-18-28-25-14-8-7-13-22(24)25/h1-16,18,23,28H,17H2,(H,31,32). The Morgan fingerprint density at radius 3 is 2.25 bits per heavy atom. The molecular formula is C27H22N4O. The summed E-state index contributed by atoms with van der Waals surface area (Å²) in [7, 11) is 0. The summed E-state index contributed by atoms with van der Waals surface area (Å²) < 4.78 is 0. The molecule has 0 bridgehead atoms. The van der Waals surface area contributed by atoms with E-state index in [1.807, 2.05) is 66.9 Å². The maximum absolute atomic E-state index is 12.9. The first-order valence-corrected chi connectivity index (χ1v) is 10.6. The number of aromatic nitrogens is 3.